The quantitative estimate of drug-likeness (QED) is 0.394. The van der Waals surface area contributed by atoms with Crippen molar-refractivity contribution in [3.63, 3.8) is 0 Å². The maximum absolute atomic E-state index is 13.1. The van der Waals surface area contributed by atoms with Gasteiger partial charge >= 0.3 is 12.1 Å². The number of aromatic nitrogens is 2. The Balaban J connectivity index is 1.36. The van der Waals surface area contributed by atoms with E-state index in [-0.39, 0.29) is 27.9 Å². The Morgan fingerprint density at radius 1 is 1.15 bits per heavy atom. The molecule has 0 spiro atoms. The van der Waals surface area contributed by atoms with Gasteiger partial charge in [-0.1, -0.05) is 42.0 Å². The minimum atomic E-state index is -4.52. The van der Waals surface area contributed by atoms with Crippen LogP contribution >= 0.6 is 11.6 Å². The summed E-state index contributed by atoms with van der Waals surface area (Å²) in [7, 11) is 0. The third-order valence-corrected chi connectivity index (χ3v) is 5.39. The number of imidazole rings is 1. The molecular formula is C24H17ClF3N3O3. The first-order valence-corrected chi connectivity index (χ1v) is 10.6. The van der Waals surface area contributed by atoms with Crippen LogP contribution in [0.15, 0.2) is 84.4 Å². The van der Waals surface area contributed by atoms with E-state index in [9.17, 15) is 13.2 Å². The second-order valence-corrected chi connectivity index (χ2v) is 7.88. The molecule has 0 atom stereocenters. The van der Waals surface area contributed by atoms with Crippen molar-refractivity contribution in [2.45, 2.75) is 19.0 Å². The number of benzene rings is 2. The molecule has 6 nitrogen and oxygen atoms in total. The first kappa shape index (κ1) is 22.0. The molecule has 0 bridgehead atoms. The van der Waals surface area contributed by atoms with E-state index in [0.29, 0.717) is 17.2 Å². The zero-order valence-electron chi connectivity index (χ0n) is 17.4. The molecule has 0 saturated heterocycles. The van der Waals surface area contributed by atoms with Gasteiger partial charge in [0.05, 0.1) is 21.8 Å². The number of nitrogens with one attached hydrogen (secondary N) is 2. The van der Waals surface area contributed by atoms with Crippen LogP contribution in [0, 0.1) is 0 Å². The van der Waals surface area contributed by atoms with Gasteiger partial charge in [0.25, 0.3) is 0 Å². The molecule has 174 valence electrons. The van der Waals surface area contributed by atoms with Gasteiger partial charge in [0.15, 0.2) is 17.8 Å². The van der Waals surface area contributed by atoms with Gasteiger partial charge in [-0.2, -0.15) is 13.2 Å². The molecular weight excluding hydrogens is 471 g/mol. The Kier molecular flexibility index (Phi) is 5.70. The normalized spacial score (nSPS) is 15.7. The molecule has 34 heavy (non-hydrogen) atoms. The van der Waals surface area contributed by atoms with Crippen LogP contribution < -0.4 is 10.1 Å². The predicted molar refractivity (Wildman–Crippen MR) is 121 cm³/mol. The smallest absolute Gasteiger partial charge is 0.416 e. The zero-order valence-corrected chi connectivity index (χ0v) is 18.2. The van der Waals surface area contributed by atoms with Crippen LogP contribution in [-0.2, 0) is 15.7 Å². The molecule has 1 aromatic heterocycles. The van der Waals surface area contributed by atoms with Gasteiger partial charge in [-0.15, -0.1) is 0 Å². The van der Waals surface area contributed by atoms with Crippen LogP contribution in [0.3, 0.4) is 0 Å². The number of anilines is 2. The highest BCUT2D eigenvalue weighted by atomic mass is 35.5. The molecule has 3 aromatic rings. The van der Waals surface area contributed by atoms with Crippen LogP contribution in [0.1, 0.15) is 18.4 Å². The van der Waals surface area contributed by atoms with Crippen LogP contribution in [0.5, 0.6) is 5.75 Å². The summed E-state index contributed by atoms with van der Waals surface area (Å²) in [5.41, 5.74) is 0.983. The average Bonchev–Trinajstić information content (AvgIpc) is 3.24. The fourth-order valence-electron chi connectivity index (χ4n) is 3.49. The van der Waals surface area contributed by atoms with Gasteiger partial charge in [-0.3, -0.25) is 0 Å². The summed E-state index contributed by atoms with van der Waals surface area (Å²) in [5.74, 6) is 1.27. The van der Waals surface area contributed by atoms with E-state index in [1.54, 1.807) is 24.3 Å². The van der Waals surface area contributed by atoms with Gasteiger partial charge in [-0.05, 0) is 42.7 Å². The molecule has 2 heterocycles. The summed E-state index contributed by atoms with van der Waals surface area (Å²) in [6.45, 7) is 0. The highest BCUT2D eigenvalue weighted by Gasteiger charge is 2.32. The van der Waals surface area contributed by atoms with E-state index in [2.05, 4.69) is 21.4 Å². The molecule has 1 aliphatic carbocycles. The number of hydrogen-bond donors (Lipinski definition) is 2. The second-order valence-electron chi connectivity index (χ2n) is 7.48. The number of fused-ring (bicyclic) bond motifs is 1. The van der Waals surface area contributed by atoms with E-state index in [0.717, 1.165) is 30.5 Å². The van der Waals surface area contributed by atoms with Crippen LogP contribution in [-0.4, -0.2) is 9.97 Å². The highest BCUT2D eigenvalue weighted by molar-refractivity contribution is 6.35. The van der Waals surface area contributed by atoms with E-state index in [1.165, 1.54) is 12.5 Å². The number of alkyl halides is 3. The SMILES string of the molecule is FC(F)(F)c1cc(Cl)c2nc(Nc3ccccc3OC3=COC=C(C4=CC=CCC4)O3)[nH]c2c1. The van der Waals surface area contributed by atoms with E-state index in [1.807, 2.05) is 12.2 Å². The minimum absolute atomic E-state index is 0.109. The fourth-order valence-corrected chi connectivity index (χ4v) is 3.76. The Hall–Kier alpha value is -3.85. The molecule has 2 aromatic carbocycles. The van der Waals surface area contributed by atoms with Crippen molar-refractivity contribution < 1.29 is 27.4 Å². The lowest BCUT2D eigenvalue weighted by Crippen LogP contribution is -2.09. The Labute approximate surface area is 197 Å². The maximum Gasteiger partial charge on any atom is 0.416 e. The third kappa shape index (κ3) is 4.60. The fraction of sp³-hybridized carbons (Fsp3) is 0.125. The number of hydrogen-bond acceptors (Lipinski definition) is 5. The summed E-state index contributed by atoms with van der Waals surface area (Å²) in [4.78, 5) is 7.10. The zero-order chi connectivity index (χ0) is 23.7. The van der Waals surface area contributed by atoms with Crippen molar-refractivity contribution in [3.05, 3.63) is 95.0 Å². The number of H-pyrrole nitrogens is 1. The van der Waals surface area contributed by atoms with Crippen LogP contribution in [0.2, 0.25) is 5.02 Å². The Morgan fingerprint density at radius 2 is 2.00 bits per heavy atom. The molecule has 0 fully saturated rings. The molecule has 2 N–H and O–H groups in total. The van der Waals surface area contributed by atoms with Gasteiger partial charge < -0.3 is 24.5 Å². The molecule has 1 aliphatic heterocycles. The largest absolute Gasteiger partial charge is 0.461 e. The highest BCUT2D eigenvalue weighted by Crippen LogP contribution is 2.36. The minimum Gasteiger partial charge on any atom is -0.461 e. The lowest BCUT2D eigenvalue weighted by molar-refractivity contribution is -0.137. The lowest BCUT2D eigenvalue weighted by Gasteiger charge is -2.20. The lowest BCUT2D eigenvalue weighted by atomic mass is 10.0. The first-order valence-electron chi connectivity index (χ1n) is 10.3. The molecule has 0 unspecified atom stereocenters. The van der Waals surface area contributed by atoms with Gasteiger partial charge in [-0.25, -0.2) is 4.98 Å². The van der Waals surface area contributed by atoms with Crippen molar-refractivity contribution in [2.75, 3.05) is 5.32 Å². The molecule has 5 rings (SSSR count). The van der Waals surface area contributed by atoms with Gasteiger partial charge in [0.1, 0.15) is 11.8 Å². The van der Waals surface area contributed by atoms with E-state index in [4.69, 9.17) is 25.8 Å². The van der Waals surface area contributed by atoms with Crippen molar-refractivity contribution in [1.82, 2.24) is 9.97 Å². The summed E-state index contributed by atoms with van der Waals surface area (Å²) < 4.78 is 56.4. The number of para-hydroxylation sites is 2. The Bertz CT molecular complexity index is 1370. The average molecular weight is 488 g/mol. The predicted octanol–water partition coefficient (Wildman–Crippen LogP) is 7.32. The van der Waals surface area contributed by atoms with E-state index >= 15 is 0 Å². The number of ether oxygens (including phenoxy) is 3. The van der Waals surface area contributed by atoms with Crippen molar-refractivity contribution >= 4 is 34.3 Å². The number of allylic oxidation sites excluding steroid dienone is 4. The number of aromatic amines is 1. The number of rotatable bonds is 5. The summed E-state index contributed by atoms with van der Waals surface area (Å²) in [6, 6.07) is 8.76. The van der Waals surface area contributed by atoms with Crippen LogP contribution in [0.4, 0.5) is 24.8 Å². The monoisotopic (exact) mass is 487 g/mol. The van der Waals surface area contributed by atoms with Crippen molar-refractivity contribution in [2.24, 2.45) is 0 Å². The molecule has 2 aliphatic rings. The standard InChI is InChI=1S/C24H17ClF3N3O3/c25-16-10-15(24(26,27)28)11-18-22(16)31-23(30-18)29-17-8-4-5-9-19(17)33-21-13-32-12-20(34-21)14-6-2-1-3-7-14/h1-2,4-6,8-13H,3,7H2,(H2,29,30,31). The number of halogens is 4. The first-order chi connectivity index (χ1) is 16.4. The molecule has 0 amide bonds. The molecule has 0 radical (unpaired) electrons. The van der Waals surface area contributed by atoms with E-state index < -0.39 is 11.7 Å². The third-order valence-electron chi connectivity index (χ3n) is 5.10. The maximum atomic E-state index is 13.1. The summed E-state index contributed by atoms with van der Waals surface area (Å²) in [6.07, 6.45) is 6.02. The Morgan fingerprint density at radius 3 is 2.79 bits per heavy atom. The van der Waals surface area contributed by atoms with Crippen LogP contribution in [0.25, 0.3) is 11.0 Å². The summed E-state index contributed by atoms with van der Waals surface area (Å²) in [5, 5.41) is 2.91. The van der Waals surface area contributed by atoms with Gasteiger partial charge in [0.2, 0.25) is 5.95 Å². The van der Waals surface area contributed by atoms with Crippen molar-refractivity contribution in [3.8, 4) is 5.75 Å². The number of nitrogens with zero attached hydrogens (tertiary/aromatic N) is 1. The molecule has 10 heteroatoms. The molecule has 0 saturated carbocycles. The van der Waals surface area contributed by atoms with Crippen molar-refractivity contribution in [1.29, 1.82) is 0 Å². The topological polar surface area (TPSA) is 68.4 Å². The second kappa shape index (κ2) is 8.83. The van der Waals surface area contributed by atoms with Gasteiger partial charge in [0, 0.05) is 0 Å². The summed E-state index contributed by atoms with van der Waals surface area (Å²) >= 11 is 6.04.